The first-order chi connectivity index (χ1) is 14.5. The summed E-state index contributed by atoms with van der Waals surface area (Å²) in [6, 6.07) is 12.3. The lowest BCUT2D eigenvalue weighted by atomic mass is 10.2. The van der Waals surface area contributed by atoms with Crippen molar-refractivity contribution in [2.45, 2.75) is 46.1 Å². The second kappa shape index (κ2) is 10.2. The van der Waals surface area contributed by atoms with Crippen LogP contribution in [0.5, 0.6) is 5.75 Å². The largest absolute Gasteiger partial charge is 0.491 e. The minimum atomic E-state index is -0.345. The highest BCUT2D eigenvalue weighted by Crippen LogP contribution is 2.28. The van der Waals surface area contributed by atoms with E-state index < -0.39 is 0 Å². The van der Waals surface area contributed by atoms with Crippen LogP contribution in [0.4, 0.5) is 5.13 Å². The highest BCUT2D eigenvalue weighted by molar-refractivity contribution is 7.22. The summed E-state index contributed by atoms with van der Waals surface area (Å²) < 4.78 is 11.9. The summed E-state index contributed by atoms with van der Waals surface area (Å²) in [5, 5.41) is 3.30. The molecule has 158 valence electrons. The van der Waals surface area contributed by atoms with E-state index in [1.807, 2.05) is 26.8 Å². The third-order valence-corrected chi connectivity index (χ3v) is 5.52. The molecule has 0 spiro atoms. The van der Waals surface area contributed by atoms with Crippen LogP contribution in [-0.4, -0.2) is 29.6 Å². The van der Waals surface area contributed by atoms with Gasteiger partial charge in [-0.2, -0.15) is 0 Å². The van der Waals surface area contributed by atoms with Gasteiger partial charge in [-0.15, -0.1) is 0 Å². The van der Waals surface area contributed by atoms with Crippen LogP contribution in [0.3, 0.4) is 0 Å². The summed E-state index contributed by atoms with van der Waals surface area (Å²) in [5.41, 5.74) is 1.69. The molecule has 0 saturated carbocycles. The van der Waals surface area contributed by atoms with Gasteiger partial charge in [0.2, 0.25) is 0 Å². The van der Waals surface area contributed by atoms with Gasteiger partial charge in [0.25, 0.3) is 5.91 Å². The van der Waals surface area contributed by atoms with Crippen molar-refractivity contribution >= 4 is 38.6 Å². The molecule has 1 aromatic heterocycles. The second-order valence-corrected chi connectivity index (χ2v) is 8.04. The highest BCUT2D eigenvalue weighted by atomic mass is 32.1. The number of hydrogen-bond acceptors (Lipinski definition) is 6. The van der Waals surface area contributed by atoms with E-state index in [0.29, 0.717) is 34.1 Å². The molecule has 0 fully saturated rings. The van der Waals surface area contributed by atoms with Gasteiger partial charge in [0.15, 0.2) is 5.13 Å². The van der Waals surface area contributed by atoms with Gasteiger partial charge in [-0.3, -0.25) is 10.1 Å². The fourth-order valence-corrected chi connectivity index (χ4v) is 3.59. The normalized spacial score (nSPS) is 11.8. The van der Waals surface area contributed by atoms with Crippen LogP contribution >= 0.6 is 11.3 Å². The second-order valence-electron chi connectivity index (χ2n) is 7.01. The van der Waals surface area contributed by atoms with Crippen LogP contribution in [0.25, 0.3) is 10.2 Å². The van der Waals surface area contributed by atoms with Crippen LogP contribution < -0.4 is 10.1 Å². The third-order valence-electron chi connectivity index (χ3n) is 4.58. The molecule has 0 saturated heterocycles. The van der Waals surface area contributed by atoms with Crippen LogP contribution in [0.2, 0.25) is 0 Å². The van der Waals surface area contributed by atoms with Crippen LogP contribution in [0.1, 0.15) is 60.7 Å². The van der Waals surface area contributed by atoms with E-state index in [1.54, 1.807) is 36.4 Å². The number of carbonyl (C=O) groups is 2. The molecule has 0 aliphatic heterocycles. The van der Waals surface area contributed by atoms with Crippen molar-refractivity contribution in [2.24, 2.45) is 0 Å². The number of aromatic nitrogens is 1. The topological polar surface area (TPSA) is 77.5 Å². The zero-order valence-corrected chi connectivity index (χ0v) is 18.3. The Morgan fingerprint density at radius 2 is 1.97 bits per heavy atom. The van der Waals surface area contributed by atoms with E-state index in [2.05, 4.69) is 10.3 Å². The molecule has 30 heavy (non-hydrogen) atoms. The van der Waals surface area contributed by atoms with Gasteiger partial charge in [-0.25, -0.2) is 9.78 Å². The molecular weight excluding hydrogens is 400 g/mol. The quantitative estimate of drug-likeness (QED) is 0.352. The Morgan fingerprint density at radius 3 is 2.73 bits per heavy atom. The zero-order chi connectivity index (χ0) is 21.5. The average molecular weight is 427 g/mol. The van der Waals surface area contributed by atoms with E-state index in [0.717, 1.165) is 24.0 Å². The summed E-state index contributed by atoms with van der Waals surface area (Å²) in [4.78, 5) is 29.2. The molecule has 1 amide bonds. The molecule has 1 heterocycles. The van der Waals surface area contributed by atoms with Crippen molar-refractivity contribution in [3.05, 3.63) is 53.6 Å². The van der Waals surface area contributed by atoms with Crippen LogP contribution in [0, 0.1) is 0 Å². The van der Waals surface area contributed by atoms with Gasteiger partial charge >= 0.3 is 5.97 Å². The number of fused-ring (bicyclic) bond motifs is 1. The number of esters is 1. The van der Waals surface area contributed by atoms with E-state index in [-0.39, 0.29) is 18.0 Å². The van der Waals surface area contributed by atoms with Gasteiger partial charge in [0.1, 0.15) is 5.75 Å². The summed E-state index contributed by atoms with van der Waals surface area (Å²) >= 11 is 1.32. The van der Waals surface area contributed by atoms with Gasteiger partial charge in [0, 0.05) is 5.56 Å². The fourth-order valence-electron chi connectivity index (χ4n) is 2.69. The number of nitrogens with one attached hydrogen (secondary N) is 1. The molecule has 3 rings (SSSR count). The number of anilines is 1. The number of hydrogen-bond donors (Lipinski definition) is 1. The Balaban J connectivity index is 1.70. The van der Waals surface area contributed by atoms with Crippen LogP contribution in [-0.2, 0) is 4.74 Å². The maximum atomic E-state index is 12.6. The Kier molecular flexibility index (Phi) is 7.41. The predicted octanol–water partition coefficient (Wildman–Crippen LogP) is 5.68. The van der Waals surface area contributed by atoms with Crippen molar-refractivity contribution in [3.63, 3.8) is 0 Å². The van der Waals surface area contributed by atoms with Crippen molar-refractivity contribution in [2.75, 3.05) is 11.9 Å². The molecule has 3 aromatic rings. The first-order valence-corrected chi connectivity index (χ1v) is 11.0. The number of benzene rings is 2. The summed E-state index contributed by atoms with van der Waals surface area (Å²) in [7, 11) is 0. The number of unbranched alkanes of at least 4 members (excludes halogenated alkanes) is 1. The Morgan fingerprint density at radius 1 is 1.13 bits per heavy atom. The lowest BCUT2D eigenvalue weighted by molar-refractivity contribution is 0.0500. The maximum absolute atomic E-state index is 12.6. The van der Waals surface area contributed by atoms with Crippen molar-refractivity contribution in [1.82, 2.24) is 4.98 Å². The summed E-state index contributed by atoms with van der Waals surface area (Å²) in [6.45, 7) is 6.49. The summed E-state index contributed by atoms with van der Waals surface area (Å²) in [5.74, 6) is 0.0536. The van der Waals surface area contributed by atoms with Gasteiger partial charge in [-0.1, -0.05) is 37.7 Å². The third kappa shape index (κ3) is 5.57. The minimum absolute atomic E-state index is 0.0791. The standard InChI is InChI=1S/C23H26N2O4S/c1-4-6-12-28-22(27)17-10-11-19-20(14-17)30-23(24-19)25-21(26)16-8-7-9-18(13-16)29-15(3)5-2/h7-11,13-15H,4-6,12H2,1-3H3,(H,24,25,26). The average Bonchev–Trinajstić information content (AvgIpc) is 3.15. The number of thiazole rings is 1. The lowest BCUT2D eigenvalue weighted by Crippen LogP contribution is -2.13. The first-order valence-electron chi connectivity index (χ1n) is 10.2. The number of carbonyl (C=O) groups excluding carboxylic acids is 2. The molecule has 7 heteroatoms. The molecule has 6 nitrogen and oxygen atoms in total. The fraction of sp³-hybridized carbons (Fsp3) is 0.348. The van der Waals surface area contributed by atoms with E-state index in [4.69, 9.17) is 9.47 Å². The van der Waals surface area contributed by atoms with Crippen molar-refractivity contribution in [3.8, 4) is 5.75 Å². The van der Waals surface area contributed by atoms with E-state index in [1.165, 1.54) is 11.3 Å². The number of amides is 1. The van der Waals surface area contributed by atoms with Crippen molar-refractivity contribution < 1.29 is 19.1 Å². The smallest absolute Gasteiger partial charge is 0.338 e. The monoisotopic (exact) mass is 426 g/mol. The zero-order valence-electron chi connectivity index (χ0n) is 17.4. The number of nitrogens with zero attached hydrogens (tertiary/aromatic N) is 1. The van der Waals surface area contributed by atoms with Gasteiger partial charge in [-0.05, 0) is 56.2 Å². The minimum Gasteiger partial charge on any atom is -0.491 e. The van der Waals surface area contributed by atoms with E-state index >= 15 is 0 Å². The molecule has 0 radical (unpaired) electrons. The SMILES string of the molecule is CCCCOC(=O)c1ccc2nc(NC(=O)c3cccc(OC(C)CC)c3)sc2c1. The maximum Gasteiger partial charge on any atom is 0.338 e. The highest BCUT2D eigenvalue weighted by Gasteiger charge is 2.14. The predicted molar refractivity (Wildman–Crippen MR) is 120 cm³/mol. The Labute approximate surface area is 180 Å². The lowest BCUT2D eigenvalue weighted by Gasteiger charge is -2.13. The molecule has 1 atom stereocenters. The molecule has 2 aromatic carbocycles. The first kappa shape index (κ1) is 21.8. The molecule has 0 aliphatic rings. The number of rotatable bonds is 9. The summed E-state index contributed by atoms with van der Waals surface area (Å²) in [6.07, 6.45) is 2.77. The molecule has 0 bridgehead atoms. The molecule has 1 unspecified atom stereocenters. The molecule has 1 N–H and O–H groups in total. The molecular formula is C23H26N2O4S. The van der Waals surface area contributed by atoms with Crippen LogP contribution in [0.15, 0.2) is 42.5 Å². The van der Waals surface area contributed by atoms with Gasteiger partial charge in [0.05, 0.1) is 28.5 Å². The Hall–Kier alpha value is -2.93. The Bertz CT molecular complexity index is 1030. The number of ether oxygens (including phenoxy) is 2. The van der Waals surface area contributed by atoms with E-state index in [9.17, 15) is 9.59 Å². The molecule has 0 aliphatic carbocycles. The van der Waals surface area contributed by atoms with Gasteiger partial charge < -0.3 is 9.47 Å². The van der Waals surface area contributed by atoms with Crippen molar-refractivity contribution in [1.29, 1.82) is 0 Å².